The van der Waals surface area contributed by atoms with E-state index >= 15 is 0 Å². The third kappa shape index (κ3) is 4.41. The van der Waals surface area contributed by atoms with Crippen molar-refractivity contribution in [3.05, 3.63) is 77.9 Å². The van der Waals surface area contributed by atoms with Gasteiger partial charge in [0, 0.05) is 13.0 Å². The molecular weight excluding hydrogens is 326 g/mol. The Labute approximate surface area is 153 Å². The van der Waals surface area contributed by atoms with Crippen molar-refractivity contribution in [3.8, 4) is 5.75 Å². The number of aryl methyl sites for hydroxylation is 1. The Morgan fingerprint density at radius 1 is 1.04 bits per heavy atom. The number of fused-ring (bicyclic) bond motifs is 1. The molecule has 0 radical (unpaired) electrons. The van der Waals surface area contributed by atoms with Crippen LogP contribution in [-0.4, -0.2) is 24.7 Å². The van der Waals surface area contributed by atoms with Crippen molar-refractivity contribution in [2.45, 2.75) is 18.9 Å². The molecule has 0 saturated carbocycles. The van der Waals surface area contributed by atoms with E-state index in [9.17, 15) is 9.90 Å². The van der Waals surface area contributed by atoms with Crippen LogP contribution in [0.4, 0.5) is 0 Å². The number of aliphatic hydroxyl groups is 1. The van der Waals surface area contributed by atoms with Crippen LogP contribution >= 0.6 is 0 Å². The van der Waals surface area contributed by atoms with E-state index in [0.29, 0.717) is 12.8 Å². The first-order chi connectivity index (χ1) is 12.7. The molecule has 0 aliphatic heterocycles. The van der Waals surface area contributed by atoms with Crippen LogP contribution in [0.3, 0.4) is 0 Å². The smallest absolute Gasteiger partial charge is 0.220 e. The minimum absolute atomic E-state index is 0.0693. The zero-order chi connectivity index (χ0) is 18.4. The standard InChI is InChI=1S/C22H23NO3/c1-26-18-12-9-16(10-13-18)11-14-22(25)23-15-21(24)20-8-4-6-17-5-2-3-7-19(17)20/h2-10,12-13,21,24H,11,14-15H2,1H3,(H,23,25). The van der Waals surface area contributed by atoms with Crippen molar-refractivity contribution in [2.24, 2.45) is 0 Å². The fourth-order valence-electron chi connectivity index (χ4n) is 3.00. The number of amides is 1. The highest BCUT2D eigenvalue weighted by atomic mass is 16.5. The normalized spacial score (nSPS) is 11.9. The number of hydrogen-bond donors (Lipinski definition) is 2. The molecule has 3 rings (SSSR count). The molecule has 0 aromatic heterocycles. The van der Waals surface area contributed by atoms with E-state index in [4.69, 9.17) is 4.74 Å². The summed E-state index contributed by atoms with van der Waals surface area (Å²) in [6.07, 6.45) is 0.306. The van der Waals surface area contributed by atoms with Gasteiger partial charge in [-0.25, -0.2) is 0 Å². The zero-order valence-electron chi connectivity index (χ0n) is 14.8. The molecule has 4 nitrogen and oxygen atoms in total. The quantitative estimate of drug-likeness (QED) is 0.685. The minimum Gasteiger partial charge on any atom is -0.497 e. The van der Waals surface area contributed by atoms with E-state index in [2.05, 4.69) is 5.32 Å². The van der Waals surface area contributed by atoms with E-state index < -0.39 is 6.10 Å². The number of methoxy groups -OCH3 is 1. The number of ether oxygens (including phenoxy) is 1. The van der Waals surface area contributed by atoms with Gasteiger partial charge in [-0.15, -0.1) is 0 Å². The van der Waals surface area contributed by atoms with Gasteiger partial charge in [-0.2, -0.15) is 0 Å². The summed E-state index contributed by atoms with van der Waals surface area (Å²) in [6, 6.07) is 21.4. The maximum absolute atomic E-state index is 12.1. The molecule has 1 unspecified atom stereocenters. The summed E-state index contributed by atoms with van der Waals surface area (Å²) >= 11 is 0. The number of rotatable bonds is 7. The molecule has 0 fully saturated rings. The third-order valence-corrected chi connectivity index (χ3v) is 4.47. The van der Waals surface area contributed by atoms with Gasteiger partial charge >= 0.3 is 0 Å². The molecule has 0 aliphatic carbocycles. The SMILES string of the molecule is COc1ccc(CCC(=O)NCC(O)c2cccc3ccccc23)cc1. The van der Waals surface area contributed by atoms with Crippen LogP contribution < -0.4 is 10.1 Å². The highest BCUT2D eigenvalue weighted by Gasteiger charge is 2.12. The molecule has 0 aliphatic rings. The molecule has 0 saturated heterocycles. The lowest BCUT2D eigenvalue weighted by Gasteiger charge is -2.15. The molecule has 0 bridgehead atoms. The maximum Gasteiger partial charge on any atom is 0.220 e. The number of hydrogen-bond acceptors (Lipinski definition) is 3. The van der Waals surface area contributed by atoms with Crippen molar-refractivity contribution in [1.82, 2.24) is 5.32 Å². The second-order valence-electron chi connectivity index (χ2n) is 6.24. The second-order valence-corrected chi connectivity index (χ2v) is 6.24. The molecule has 134 valence electrons. The van der Waals surface area contributed by atoms with Crippen LogP contribution in [0.15, 0.2) is 66.7 Å². The summed E-state index contributed by atoms with van der Waals surface area (Å²) in [6.45, 7) is 0.204. The highest BCUT2D eigenvalue weighted by Crippen LogP contribution is 2.23. The molecule has 1 atom stereocenters. The van der Waals surface area contributed by atoms with Crippen molar-refractivity contribution in [2.75, 3.05) is 13.7 Å². The predicted molar refractivity (Wildman–Crippen MR) is 103 cm³/mol. The first kappa shape index (κ1) is 18.0. The number of nitrogens with one attached hydrogen (secondary N) is 1. The highest BCUT2D eigenvalue weighted by molar-refractivity contribution is 5.86. The molecular formula is C22H23NO3. The second kappa shape index (κ2) is 8.50. The fourth-order valence-corrected chi connectivity index (χ4v) is 3.00. The van der Waals surface area contributed by atoms with Crippen LogP contribution in [0, 0.1) is 0 Å². The van der Waals surface area contributed by atoms with Gasteiger partial charge in [0.2, 0.25) is 5.91 Å². The van der Waals surface area contributed by atoms with Crippen LogP contribution in [0.1, 0.15) is 23.7 Å². The van der Waals surface area contributed by atoms with Gasteiger partial charge in [0.1, 0.15) is 5.75 Å². The van der Waals surface area contributed by atoms with E-state index in [1.807, 2.05) is 66.7 Å². The number of benzene rings is 3. The van der Waals surface area contributed by atoms with Crippen molar-refractivity contribution in [1.29, 1.82) is 0 Å². The largest absolute Gasteiger partial charge is 0.497 e. The lowest BCUT2D eigenvalue weighted by Crippen LogP contribution is -2.28. The first-order valence-electron chi connectivity index (χ1n) is 8.73. The third-order valence-electron chi connectivity index (χ3n) is 4.47. The molecule has 0 heterocycles. The molecule has 26 heavy (non-hydrogen) atoms. The molecule has 2 N–H and O–H groups in total. The summed E-state index contributed by atoms with van der Waals surface area (Å²) in [4.78, 5) is 12.1. The average molecular weight is 349 g/mol. The zero-order valence-corrected chi connectivity index (χ0v) is 14.8. The Morgan fingerprint density at radius 2 is 1.77 bits per heavy atom. The molecule has 3 aromatic rings. The summed E-state index contributed by atoms with van der Waals surface area (Å²) in [7, 11) is 1.63. The summed E-state index contributed by atoms with van der Waals surface area (Å²) in [5, 5.41) is 15.4. The lowest BCUT2D eigenvalue weighted by molar-refractivity contribution is -0.121. The van der Waals surface area contributed by atoms with E-state index in [1.54, 1.807) is 7.11 Å². The summed E-state index contributed by atoms with van der Waals surface area (Å²) in [5.74, 6) is 0.733. The minimum atomic E-state index is -0.731. The fraction of sp³-hybridized carbons (Fsp3) is 0.227. The molecule has 4 heteroatoms. The molecule has 1 amide bonds. The topological polar surface area (TPSA) is 58.6 Å². The average Bonchev–Trinajstić information content (AvgIpc) is 2.70. The Kier molecular flexibility index (Phi) is 5.87. The number of carbonyl (C=O) groups is 1. The van der Waals surface area contributed by atoms with Gasteiger partial charge in [-0.3, -0.25) is 4.79 Å². The Hall–Kier alpha value is -2.85. The summed E-state index contributed by atoms with van der Waals surface area (Å²) in [5.41, 5.74) is 1.91. The van der Waals surface area contributed by atoms with Gasteiger partial charge in [-0.1, -0.05) is 54.6 Å². The van der Waals surface area contributed by atoms with Gasteiger partial charge in [-0.05, 0) is 40.5 Å². The van der Waals surface area contributed by atoms with Crippen LogP contribution in [0.2, 0.25) is 0 Å². The van der Waals surface area contributed by atoms with Gasteiger partial charge < -0.3 is 15.2 Å². The van der Waals surface area contributed by atoms with Crippen LogP contribution in [-0.2, 0) is 11.2 Å². The van der Waals surface area contributed by atoms with E-state index in [-0.39, 0.29) is 12.5 Å². The van der Waals surface area contributed by atoms with Gasteiger partial charge in [0.15, 0.2) is 0 Å². The summed E-state index contributed by atoms with van der Waals surface area (Å²) < 4.78 is 5.13. The number of aliphatic hydroxyl groups excluding tert-OH is 1. The van der Waals surface area contributed by atoms with Crippen molar-refractivity contribution >= 4 is 16.7 Å². The van der Waals surface area contributed by atoms with E-state index in [0.717, 1.165) is 27.6 Å². The Bertz CT molecular complexity index is 869. The Balaban J connectivity index is 1.53. The van der Waals surface area contributed by atoms with Crippen LogP contribution in [0.25, 0.3) is 10.8 Å². The van der Waals surface area contributed by atoms with Crippen molar-refractivity contribution in [3.63, 3.8) is 0 Å². The predicted octanol–water partition coefficient (Wildman–Crippen LogP) is 3.63. The monoisotopic (exact) mass is 349 g/mol. The molecule has 3 aromatic carbocycles. The number of carbonyl (C=O) groups excluding carboxylic acids is 1. The van der Waals surface area contributed by atoms with E-state index in [1.165, 1.54) is 0 Å². The first-order valence-corrected chi connectivity index (χ1v) is 8.73. The van der Waals surface area contributed by atoms with Crippen molar-refractivity contribution < 1.29 is 14.6 Å². The Morgan fingerprint density at radius 3 is 2.54 bits per heavy atom. The van der Waals surface area contributed by atoms with Gasteiger partial charge in [0.05, 0.1) is 13.2 Å². The van der Waals surface area contributed by atoms with Gasteiger partial charge in [0.25, 0.3) is 0 Å². The lowest BCUT2D eigenvalue weighted by atomic mass is 10.0. The molecule has 0 spiro atoms. The van der Waals surface area contributed by atoms with Crippen LogP contribution in [0.5, 0.6) is 5.75 Å². The maximum atomic E-state index is 12.1.